The molecule has 0 amide bonds. The zero-order chi connectivity index (χ0) is 8.97. The lowest BCUT2D eigenvalue weighted by atomic mass is 10.1. The maximum Gasteiger partial charge on any atom is 0.124 e. The lowest BCUT2D eigenvalue weighted by molar-refractivity contribution is 0.407. The Morgan fingerprint density at radius 3 is 2.75 bits per heavy atom. The van der Waals surface area contributed by atoms with Gasteiger partial charge in [0.05, 0.1) is 7.11 Å². The zero-order valence-electron chi connectivity index (χ0n) is 7.50. The lowest BCUT2D eigenvalue weighted by Gasteiger charge is -2.09. The van der Waals surface area contributed by atoms with Crippen molar-refractivity contribution in [1.82, 2.24) is 0 Å². The Labute approximate surface area is 79.2 Å². The lowest BCUT2D eigenvalue weighted by Crippen LogP contribution is -1.95. The molecule has 0 atom stereocenters. The molecule has 1 rings (SSSR count). The first-order chi connectivity index (χ1) is 5.79. The van der Waals surface area contributed by atoms with E-state index in [1.807, 2.05) is 0 Å². The minimum Gasteiger partial charge on any atom is -0.496 e. The van der Waals surface area contributed by atoms with Gasteiger partial charge in [-0.1, -0.05) is 18.2 Å². The van der Waals surface area contributed by atoms with E-state index in [9.17, 15) is 0 Å². The van der Waals surface area contributed by atoms with E-state index >= 15 is 0 Å². The summed E-state index contributed by atoms with van der Waals surface area (Å²) in [6, 6.07) is 6.19. The molecule has 1 aromatic carbocycles. The first kappa shape index (κ1) is 9.46. The molecule has 0 saturated carbocycles. The number of para-hydroxylation sites is 1. The maximum atomic E-state index is 5.29. The average Bonchev–Trinajstić information content (AvgIpc) is 2.05. The van der Waals surface area contributed by atoms with E-state index in [4.69, 9.17) is 4.74 Å². The summed E-state index contributed by atoms with van der Waals surface area (Å²) < 4.78 is 5.29. The number of benzene rings is 1. The molecule has 12 heavy (non-hydrogen) atoms. The molecule has 0 unspecified atom stereocenters. The highest BCUT2D eigenvalue weighted by Crippen LogP contribution is 2.23. The van der Waals surface area contributed by atoms with Crippen molar-refractivity contribution in [1.29, 1.82) is 0 Å². The van der Waals surface area contributed by atoms with E-state index in [2.05, 4.69) is 37.8 Å². The highest BCUT2D eigenvalue weighted by Gasteiger charge is 2.03. The largest absolute Gasteiger partial charge is 0.496 e. The summed E-state index contributed by atoms with van der Waals surface area (Å²) in [5, 5.41) is 0. The molecule has 1 nitrogen and oxygen atoms in total. The van der Waals surface area contributed by atoms with Crippen molar-refractivity contribution in [2.24, 2.45) is 0 Å². The molecule has 0 heterocycles. The third kappa shape index (κ3) is 1.95. The topological polar surface area (TPSA) is 9.23 Å². The Bertz CT molecular complexity index is 258. The van der Waals surface area contributed by atoms with Crippen LogP contribution in [0.25, 0.3) is 0 Å². The first-order valence-corrected chi connectivity index (χ1v) is 4.66. The van der Waals surface area contributed by atoms with Gasteiger partial charge in [-0.2, -0.15) is 12.6 Å². The third-order valence-corrected chi connectivity index (χ3v) is 2.10. The van der Waals surface area contributed by atoms with Crippen LogP contribution in [0, 0.1) is 6.92 Å². The number of rotatable bonds is 3. The molecular formula is C10H14OS. The summed E-state index contributed by atoms with van der Waals surface area (Å²) in [6.07, 6.45) is 0.966. The summed E-state index contributed by atoms with van der Waals surface area (Å²) >= 11 is 4.20. The van der Waals surface area contributed by atoms with Gasteiger partial charge >= 0.3 is 0 Å². The summed E-state index contributed by atoms with van der Waals surface area (Å²) in [7, 11) is 1.71. The monoisotopic (exact) mass is 182 g/mol. The smallest absolute Gasteiger partial charge is 0.124 e. The maximum absolute atomic E-state index is 5.29. The number of ether oxygens (including phenoxy) is 1. The van der Waals surface area contributed by atoms with Gasteiger partial charge in [-0.05, 0) is 30.2 Å². The van der Waals surface area contributed by atoms with Gasteiger partial charge < -0.3 is 4.74 Å². The molecule has 0 aliphatic carbocycles. The van der Waals surface area contributed by atoms with Crippen LogP contribution in [0.15, 0.2) is 18.2 Å². The van der Waals surface area contributed by atoms with Crippen molar-refractivity contribution in [3.8, 4) is 5.75 Å². The second kappa shape index (κ2) is 4.41. The van der Waals surface area contributed by atoms with Gasteiger partial charge in [0.2, 0.25) is 0 Å². The SMILES string of the molecule is COc1c(C)cccc1CCS. The van der Waals surface area contributed by atoms with Crippen LogP contribution in [0.1, 0.15) is 11.1 Å². The van der Waals surface area contributed by atoms with Crippen LogP contribution < -0.4 is 4.74 Å². The Morgan fingerprint density at radius 2 is 2.17 bits per heavy atom. The molecule has 2 heteroatoms. The number of thiol groups is 1. The third-order valence-electron chi connectivity index (χ3n) is 1.88. The highest BCUT2D eigenvalue weighted by atomic mass is 32.1. The van der Waals surface area contributed by atoms with Crippen LogP contribution in [0.5, 0.6) is 5.75 Å². The van der Waals surface area contributed by atoms with Gasteiger partial charge in [-0.15, -0.1) is 0 Å². The highest BCUT2D eigenvalue weighted by molar-refractivity contribution is 7.80. The van der Waals surface area contributed by atoms with Crippen LogP contribution in [-0.2, 0) is 6.42 Å². The summed E-state index contributed by atoms with van der Waals surface area (Å²) in [5.41, 5.74) is 2.43. The van der Waals surface area contributed by atoms with Gasteiger partial charge in [0.25, 0.3) is 0 Å². The predicted octanol–water partition coefficient (Wildman–Crippen LogP) is 2.48. The van der Waals surface area contributed by atoms with E-state index in [1.54, 1.807) is 7.11 Å². The molecule has 66 valence electrons. The molecular weight excluding hydrogens is 168 g/mol. The van der Waals surface area contributed by atoms with Crippen LogP contribution in [0.2, 0.25) is 0 Å². The molecule has 0 fully saturated rings. The Kier molecular flexibility index (Phi) is 3.48. The quantitative estimate of drug-likeness (QED) is 0.707. The fraction of sp³-hybridized carbons (Fsp3) is 0.400. The van der Waals surface area contributed by atoms with E-state index in [1.165, 1.54) is 11.1 Å². The predicted molar refractivity (Wildman–Crippen MR) is 55.3 cm³/mol. The van der Waals surface area contributed by atoms with E-state index in [0.717, 1.165) is 17.9 Å². The normalized spacial score (nSPS) is 9.92. The standard InChI is InChI=1S/C10H14OS/c1-8-4-3-5-9(6-7-12)10(8)11-2/h3-5,12H,6-7H2,1-2H3. The van der Waals surface area contributed by atoms with Crippen molar-refractivity contribution in [2.75, 3.05) is 12.9 Å². The van der Waals surface area contributed by atoms with E-state index in [0.29, 0.717) is 0 Å². The van der Waals surface area contributed by atoms with Crippen LogP contribution in [-0.4, -0.2) is 12.9 Å². The number of methoxy groups -OCH3 is 1. The molecule has 0 aliphatic rings. The molecule has 0 bridgehead atoms. The molecule has 0 aliphatic heterocycles. The summed E-state index contributed by atoms with van der Waals surface area (Å²) in [5.74, 6) is 1.87. The number of hydrogen-bond acceptors (Lipinski definition) is 2. The van der Waals surface area contributed by atoms with Gasteiger partial charge in [0.15, 0.2) is 0 Å². The van der Waals surface area contributed by atoms with Gasteiger partial charge in [0, 0.05) is 0 Å². The molecule has 0 N–H and O–H groups in total. The van der Waals surface area contributed by atoms with Crippen molar-refractivity contribution in [2.45, 2.75) is 13.3 Å². The van der Waals surface area contributed by atoms with E-state index < -0.39 is 0 Å². The number of aryl methyl sites for hydroxylation is 2. The molecule has 0 saturated heterocycles. The van der Waals surface area contributed by atoms with Crippen molar-refractivity contribution in [3.63, 3.8) is 0 Å². The van der Waals surface area contributed by atoms with Gasteiger partial charge in [-0.25, -0.2) is 0 Å². The van der Waals surface area contributed by atoms with E-state index in [-0.39, 0.29) is 0 Å². The molecule has 0 radical (unpaired) electrons. The first-order valence-electron chi connectivity index (χ1n) is 4.03. The Balaban J connectivity index is 3.00. The minimum absolute atomic E-state index is 0.861. The fourth-order valence-electron chi connectivity index (χ4n) is 1.32. The van der Waals surface area contributed by atoms with Gasteiger partial charge in [0.1, 0.15) is 5.75 Å². The molecule has 0 spiro atoms. The molecule has 0 aromatic heterocycles. The second-order valence-corrected chi connectivity index (χ2v) is 3.19. The van der Waals surface area contributed by atoms with Crippen molar-refractivity contribution < 1.29 is 4.74 Å². The van der Waals surface area contributed by atoms with Crippen LogP contribution in [0.4, 0.5) is 0 Å². The van der Waals surface area contributed by atoms with Crippen LogP contribution in [0.3, 0.4) is 0 Å². The van der Waals surface area contributed by atoms with Crippen LogP contribution >= 0.6 is 12.6 Å². The average molecular weight is 182 g/mol. The minimum atomic E-state index is 0.861. The summed E-state index contributed by atoms with van der Waals surface area (Å²) in [6.45, 7) is 2.06. The second-order valence-electron chi connectivity index (χ2n) is 2.74. The van der Waals surface area contributed by atoms with Crippen molar-refractivity contribution >= 4 is 12.6 Å². The molecule has 1 aromatic rings. The summed E-state index contributed by atoms with van der Waals surface area (Å²) in [4.78, 5) is 0. The fourth-order valence-corrected chi connectivity index (χ4v) is 1.56. The number of hydrogen-bond donors (Lipinski definition) is 1. The zero-order valence-corrected chi connectivity index (χ0v) is 8.40. The van der Waals surface area contributed by atoms with Gasteiger partial charge in [-0.3, -0.25) is 0 Å². The Morgan fingerprint density at radius 1 is 1.42 bits per heavy atom. The Hall–Kier alpha value is -0.630. The van der Waals surface area contributed by atoms with Crippen molar-refractivity contribution in [3.05, 3.63) is 29.3 Å².